The van der Waals surface area contributed by atoms with E-state index in [4.69, 9.17) is 5.73 Å². The van der Waals surface area contributed by atoms with E-state index in [1.54, 1.807) is 10.7 Å². The maximum atomic E-state index is 10.2. The predicted octanol–water partition coefficient (Wildman–Crippen LogP) is 2.64. The predicted molar refractivity (Wildman–Crippen MR) is 76.0 cm³/mol. The molecule has 1 aromatic carbocycles. The van der Waals surface area contributed by atoms with Gasteiger partial charge in [0.25, 0.3) is 0 Å². The van der Waals surface area contributed by atoms with E-state index in [1.165, 1.54) is 30.4 Å². The average molecular weight is 257 g/mol. The van der Waals surface area contributed by atoms with Crippen LogP contribution in [0.3, 0.4) is 0 Å². The van der Waals surface area contributed by atoms with E-state index in [1.807, 2.05) is 19.2 Å². The molecule has 19 heavy (non-hydrogen) atoms. The van der Waals surface area contributed by atoms with Gasteiger partial charge in [-0.15, -0.1) is 0 Å². The summed E-state index contributed by atoms with van der Waals surface area (Å²) in [5.74, 6) is 0.916. The van der Waals surface area contributed by atoms with Gasteiger partial charge in [-0.1, -0.05) is 12.5 Å². The molecule has 100 valence electrons. The highest BCUT2D eigenvalue weighted by molar-refractivity contribution is 5.74. The zero-order valence-electron chi connectivity index (χ0n) is 11.2. The van der Waals surface area contributed by atoms with Crippen molar-refractivity contribution in [2.75, 3.05) is 5.73 Å². The monoisotopic (exact) mass is 257 g/mol. The summed E-state index contributed by atoms with van der Waals surface area (Å²) in [5.41, 5.74) is 10.1. The molecule has 1 aliphatic rings. The summed E-state index contributed by atoms with van der Waals surface area (Å²) in [6, 6.07) is 5.66. The summed E-state index contributed by atoms with van der Waals surface area (Å²) >= 11 is 0. The zero-order chi connectivity index (χ0) is 13.4. The third-order valence-electron chi connectivity index (χ3n) is 3.93. The molecule has 2 aromatic rings. The van der Waals surface area contributed by atoms with Crippen LogP contribution in [0, 0.1) is 0 Å². The Bertz CT molecular complexity index is 597. The van der Waals surface area contributed by atoms with Gasteiger partial charge in [0.1, 0.15) is 11.6 Å². The van der Waals surface area contributed by atoms with Crippen molar-refractivity contribution in [2.45, 2.75) is 32.1 Å². The molecule has 0 aliphatic heterocycles. The van der Waals surface area contributed by atoms with Gasteiger partial charge in [-0.2, -0.15) is 5.10 Å². The van der Waals surface area contributed by atoms with Gasteiger partial charge in [0.05, 0.1) is 5.69 Å². The van der Waals surface area contributed by atoms with Gasteiger partial charge in [-0.25, -0.2) is 0 Å². The number of nitrogens with zero attached hydrogens (tertiary/aromatic N) is 2. The quantitative estimate of drug-likeness (QED) is 0.772. The van der Waals surface area contributed by atoms with E-state index in [0.29, 0.717) is 11.6 Å². The molecule has 0 fully saturated rings. The third-order valence-corrected chi connectivity index (χ3v) is 3.93. The number of benzene rings is 1. The largest absolute Gasteiger partial charge is 0.507 e. The number of hydrogen-bond acceptors (Lipinski definition) is 3. The molecule has 1 aromatic heterocycles. The molecule has 0 radical (unpaired) electrons. The number of rotatable bonds is 1. The maximum Gasteiger partial charge on any atom is 0.125 e. The number of hydrogen-bond donors (Lipinski definition) is 2. The van der Waals surface area contributed by atoms with Crippen molar-refractivity contribution in [3.8, 4) is 17.0 Å². The lowest BCUT2D eigenvalue weighted by Gasteiger charge is -2.12. The molecule has 4 nitrogen and oxygen atoms in total. The topological polar surface area (TPSA) is 64.1 Å². The van der Waals surface area contributed by atoms with Crippen LogP contribution in [0.15, 0.2) is 18.2 Å². The van der Waals surface area contributed by atoms with Crippen molar-refractivity contribution in [2.24, 2.45) is 7.05 Å². The molecule has 0 amide bonds. The minimum Gasteiger partial charge on any atom is -0.507 e. The second-order valence-electron chi connectivity index (χ2n) is 5.24. The summed E-state index contributed by atoms with van der Waals surface area (Å²) in [5, 5.41) is 14.6. The number of phenolic OH excluding ortho intramolecular Hbond substituents is 1. The molecule has 0 saturated carbocycles. The first kappa shape index (κ1) is 12.1. The third kappa shape index (κ3) is 2.07. The van der Waals surface area contributed by atoms with Crippen LogP contribution in [0.5, 0.6) is 5.75 Å². The fraction of sp³-hybridized carbons (Fsp3) is 0.400. The molecular formula is C15H19N3O. The standard InChI is InChI=1S/C15H19N3O/c1-18-14(16)9-12(17-18)15-11-6-4-2-3-5-10(11)7-8-13(15)19/h7-9,19H,2-6,16H2,1H3. The second kappa shape index (κ2) is 4.61. The Balaban J connectivity index is 2.19. The van der Waals surface area contributed by atoms with Crippen molar-refractivity contribution in [3.05, 3.63) is 29.3 Å². The molecule has 0 spiro atoms. The van der Waals surface area contributed by atoms with Crippen LogP contribution in [-0.2, 0) is 19.9 Å². The summed E-state index contributed by atoms with van der Waals surface area (Å²) in [6.45, 7) is 0. The molecule has 4 heteroatoms. The van der Waals surface area contributed by atoms with Gasteiger partial charge in [0.15, 0.2) is 0 Å². The Kier molecular flexibility index (Phi) is 2.93. The van der Waals surface area contributed by atoms with Crippen LogP contribution >= 0.6 is 0 Å². The molecule has 0 atom stereocenters. The van der Waals surface area contributed by atoms with E-state index >= 15 is 0 Å². The van der Waals surface area contributed by atoms with Crippen molar-refractivity contribution in [1.29, 1.82) is 0 Å². The summed E-state index contributed by atoms with van der Waals surface area (Å²) < 4.78 is 1.64. The molecule has 0 unspecified atom stereocenters. The fourth-order valence-electron chi connectivity index (χ4n) is 2.88. The first-order valence-corrected chi connectivity index (χ1v) is 6.80. The lowest BCUT2D eigenvalue weighted by molar-refractivity contribution is 0.476. The first-order valence-electron chi connectivity index (χ1n) is 6.80. The van der Waals surface area contributed by atoms with Crippen LogP contribution in [0.25, 0.3) is 11.3 Å². The summed E-state index contributed by atoms with van der Waals surface area (Å²) in [7, 11) is 1.82. The minimum absolute atomic E-state index is 0.304. The van der Waals surface area contributed by atoms with Crippen LogP contribution in [-0.4, -0.2) is 14.9 Å². The highest BCUT2D eigenvalue weighted by Crippen LogP contribution is 2.37. The Labute approximate surface area is 112 Å². The highest BCUT2D eigenvalue weighted by Gasteiger charge is 2.19. The van der Waals surface area contributed by atoms with Gasteiger partial charge >= 0.3 is 0 Å². The number of aryl methyl sites for hydroxylation is 2. The summed E-state index contributed by atoms with van der Waals surface area (Å²) in [6.07, 6.45) is 5.74. The molecule has 1 aliphatic carbocycles. The molecule has 3 rings (SSSR count). The van der Waals surface area contributed by atoms with Crippen molar-refractivity contribution in [3.63, 3.8) is 0 Å². The van der Waals surface area contributed by atoms with Crippen LogP contribution in [0.4, 0.5) is 5.82 Å². The Morgan fingerprint density at radius 2 is 2.00 bits per heavy atom. The van der Waals surface area contributed by atoms with Crippen LogP contribution < -0.4 is 5.73 Å². The van der Waals surface area contributed by atoms with E-state index in [-0.39, 0.29) is 0 Å². The molecule has 0 bridgehead atoms. The van der Waals surface area contributed by atoms with E-state index in [9.17, 15) is 5.11 Å². The zero-order valence-corrected chi connectivity index (χ0v) is 11.2. The minimum atomic E-state index is 0.304. The van der Waals surface area contributed by atoms with Crippen LogP contribution in [0.2, 0.25) is 0 Å². The number of aromatic nitrogens is 2. The van der Waals surface area contributed by atoms with Crippen LogP contribution in [0.1, 0.15) is 30.4 Å². The molecule has 0 saturated heterocycles. The number of nitrogen functional groups attached to an aromatic ring is 1. The van der Waals surface area contributed by atoms with Crippen molar-refractivity contribution in [1.82, 2.24) is 9.78 Å². The van der Waals surface area contributed by atoms with Gasteiger partial charge in [-0.3, -0.25) is 4.68 Å². The van der Waals surface area contributed by atoms with E-state index in [2.05, 4.69) is 5.10 Å². The molecule has 3 N–H and O–H groups in total. The summed E-state index contributed by atoms with van der Waals surface area (Å²) in [4.78, 5) is 0. The fourth-order valence-corrected chi connectivity index (χ4v) is 2.88. The smallest absolute Gasteiger partial charge is 0.125 e. The molecule has 1 heterocycles. The maximum absolute atomic E-state index is 10.2. The van der Waals surface area contributed by atoms with E-state index < -0.39 is 0 Å². The van der Waals surface area contributed by atoms with Crippen molar-refractivity contribution >= 4 is 5.82 Å². The van der Waals surface area contributed by atoms with Gasteiger partial charge < -0.3 is 10.8 Å². The van der Waals surface area contributed by atoms with Gasteiger partial charge in [-0.05, 0) is 42.9 Å². The number of fused-ring (bicyclic) bond motifs is 1. The average Bonchev–Trinajstić information content (AvgIpc) is 2.61. The number of nitrogens with two attached hydrogens (primary N) is 1. The SMILES string of the molecule is Cn1nc(-c2c(O)ccc3c2CCCCC3)cc1N. The number of anilines is 1. The molecular weight excluding hydrogens is 238 g/mol. The number of phenols is 1. The highest BCUT2D eigenvalue weighted by atomic mass is 16.3. The first-order chi connectivity index (χ1) is 9.16. The normalized spacial score (nSPS) is 15.0. The van der Waals surface area contributed by atoms with Gasteiger partial charge in [0.2, 0.25) is 0 Å². The number of aromatic hydroxyl groups is 1. The second-order valence-corrected chi connectivity index (χ2v) is 5.24. The van der Waals surface area contributed by atoms with Gasteiger partial charge in [0, 0.05) is 18.7 Å². The Morgan fingerprint density at radius 1 is 1.21 bits per heavy atom. The van der Waals surface area contributed by atoms with E-state index in [0.717, 1.165) is 24.1 Å². The Morgan fingerprint density at radius 3 is 2.74 bits per heavy atom. The Hall–Kier alpha value is -1.97. The lowest BCUT2D eigenvalue weighted by atomic mass is 9.94. The lowest BCUT2D eigenvalue weighted by Crippen LogP contribution is -1.98. The van der Waals surface area contributed by atoms with Crippen molar-refractivity contribution < 1.29 is 5.11 Å².